The van der Waals surface area contributed by atoms with Crippen LogP contribution < -0.4 is 5.73 Å². The molecule has 0 aliphatic rings. The number of carbonyl (C=O) groups is 1. The first kappa shape index (κ1) is 18.1. The third-order valence-electron chi connectivity index (χ3n) is 4.09. The minimum Gasteiger partial charge on any atom is -0.369 e. The largest absolute Gasteiger partial charge is 0.369 e. The fourth-order valence-corrected chi connectivity index (χ4v) is 3.56. The SMILES string of the molecule is CCc1cccc(CC)c1-n1c(SCC(N)=O)nnc1-c1cccnc1. The number of rotatable bonds is 7. The first-order valence-corrected chi connectivity index (χ1v) is 9.52. The number of benzene rings is 1. The van der Waals surface area contributed by atoms with Gasteiger partial charge in [0.05, 0.1) is 11.4 Å². The molecule has 0 spiro atoms. The highest BCUT2D eigenvalue weighted by Crippen LogP contribution is 2.31. The number of pyridine rings is 1. The Morgan fingerprint density at radius 1 is 1.12 bits per heavy atom. The Hall–Kier alpha value is -2.67. The predicted octanol–water partition coefficient (Wildman–Crippen LogP) is 3.03. The van der Waals surface area contributed by atoms with Crippen LogP contribution in [0.1, 0.15) is 25.0 Å². The van der Waals surface area contributed by atoms with Crippen molar-refractivity contribution in [3.63, 3.8) is 0 Å². The number of thioether (sulfide) groups is 1. The summed E-state index contributed by atoms with van der Waals surface area (Å²) in [6.45, 7) is 4.26. The van der Waals surface area contributed by atoms with Gasteiger partial charge in [-0.05, 0) is 36.1 Å². The average Bonchev–Trinajstić information content (AvgIpc) is 3.09. The van der Waals surface area contributed by atoms with E-state index in [1.807, 2.05) is 16.7 Å². The highest BCUT2D eigenvalue weighted by Gasteiger charge is 2.20. The molecule has 26 heavy (non-hydrogen) atoms. The first-order chi connectivity index (χ1) is 12.7. The number of carbonyl (C=O) groups excluding carboxylic acids is 1. The Bertz CT molecular complexity index is 885. The van der Waals surface area contributed by atoms with Crippen molar-refractivity contribution in [2.24, 2.45) is 5.73 Å². The van der Waals surface area contributed by atoms with Gasteiger partial charge in [0, 0.05) is 18.0 Å². The molecule has 0 saturated carbocycles. The van der Waals surface area contributed by atoms with Crippen molar-refractivity contribution in [2.75, 3.05) is 5.75 Å². The lowest BCUT2D eigenvalue weighted by Crippen LogP contribution is -2.14. The van der Waals surface area contributed by atoms with Crippen LogP contribution in [-0.4, -0.2) is 31.4 Å². The van der Waals surface area contributed by atoms with Gasteiger partial charge >= 0.3 is 0 Å². The molecule has 2 heterocycles. The van der Waals surface area contributed by atoms with Crippen LogP contribution in [0.2, 0.25) is 0 Å². The van der Waals surface area contributed by atoms with Crippen LogP contribution in [0.5, 0.6) is 0 Å². The van der Waals surface area contributed by atoms with Crippen LogP contribution in [-0.2, 0) is 17.6 Å². The Morgan fingerprint density at radius 3 is 2.42 bits per heavy atom. The molecule has 0 radical (unpaired) electrons. The minimum absolute atomic E-state index is 0.154. The molecule has 0 fully saturated rings. The van der Waals surface area contributed by atoms with Crippen molar-refractivity contribution < 1.29 is 4.79 Å². The van der Waals surface area contributed by atoms with Crippen LogP contribution in [0.4, 0.5) is 0 Å². The zero-order chi connectivity index (χ0) is 18.5. The summed E-state index contributed by atoms with van der Waals surface area (Å²) in [6.07, 6.45) is 5.26. The number of primary amides is 1. The molecular formula is C19H21N5OS. The molecule has 3 rings (SSSR count). The number of amides is 1. The Balaban J connectivity index is 2.24. The van der Waals surface area contributed by atoms with E-state index in [2.05, 4.69) is 47.2 Å². The van der Waals surface area contributed by atoms with Crippen LogP contribution >= 0.6 is 11.8 Å². The maximum Gasteiger partial charge on any atom is 0.227 e. The summed E-state index contributed by atoms with van der Waals surface area (Å²) in [5, 5.41) is 9.37. The van der Waals surface area contributed by atoms with E-state index < -0.39 is 0 Å². The molecule has 2 aromatic heterocycles. The van der Waals surface area contributed by atoms with Crippen molar-refractivity contribution in [3.8, 4) is 17.1 Å². The fourth-order valence-electron chi connectivity index (χ4n) is 2.89. The third-order valence-corrected chi connectivity index (χ3v) is 5.04. The maximum absolute atomic E-state index is 11.3. The van der Waals surface area contributed by atoms with Gasteiger partial charge in [0.25, 0.3) is 0 Å². The molecule has 2 N–H and O–H groups in total. The molecule has 0 unspecified atom stereocenters. The van der Waals surface area contributed by atoms with Gasteiger partial charge in [-0.2, -0.15) is 0 Å². The van der Waals surface area contributed by atoms with E-state index in [-0.39, 0.29) is 11.7 Å². The van der Waals surface area contributed by atoms with Crippen molar-refractivity contribution in [2.45, 2.75) is 31.8 Å². The zero-order valence-electron chi connectivity index (χ0n) is 14.8. The maximum atomic E-state index is 11.3. The lowest BCUT2D eigenvalue weighted by molar-refractivity contribution is -0.115. The van der Waals surface area contributed by atoms with E-state index >= 15 is 0 Å². The summed E-state index contributed by atoms with van der Waals surface area (Å²) in [4.78, 5) is 15.5. The molecule has 0 saturated heterocycles. The van der Waals surface area contributed by atoms with Crippen molar-refractivity contribution in [1.82, 2.24) is 19.7 Å². The van der Waals surface area contributed by atoms with Gasteiger partial charge in [0.2, 0.25) is 5.91 Å². The molecular weight excluding hydrogens is 346 g/mol. The second kappa shape index (κ2) is 8.14. The normalized spacial score (nSPS) is 10.8. The van der Waals surface area contributed by atoms with E-state index in [1.165, 1.54) is 22.9 Å². The number of hydrogen-bond donors (Lipinski definition) is 1. The molecule has 0 bridgehead atoms. The number of aryl methyl sites for hydroxylation is 2. The monoisotopic (exact) mass is 367 g/mol. The van der Waals surface area contributed by atoms with Crippen LogP contribution in [0.15, 0.2) is 47.9 Å². The van der Waals surface area contributed by atoms with Gasteiger partial charge in [0.1, 0.15) is 0 Å². The van der Waals surface area contributed by atoms with Crippen LogP contribution in [0.3, 0.4) is 0 Å². The zero-order valence-corrected chi connectivity index (χ0v) is 15.7. The Morgan fingerprint density at radius 2 is 1.85 bits per heavy atom. The van der Waals surface area contributed by atoms with Crippen molar-refractivity contribution >= 4 is 17.7 Å². The summed E-state index contributed by atoms with van der Waals surface area (Å²) in [5.41, 5.74) is 9.69. The smallest absolute Gasteiger partial charge is 0.227 e. The Labute approximate surface area is 156 Å². The molecule has 1 amide bonds. The molecule has 7 heteroatoms. The summed E-state index contributed by atoms with van der Waals surface area (Å²) < 4.78 is 2.03. The van der Waals surface area contributed by atoms with Gasteiger partial charge in [0.15, 0.2) is 11.0 Å². The molecule has 3 aromatic rings. The summed E-state index contributed by atoms with van der Waals surface area (Å²) in [6, 6.07) is 10.1. The number of hydrogen-bond acceptors (Lipinski definition) is 5. The second-order valence-electron chi connectivity index (χ2n) is 5.77. The van der Waals surface area contributed by atoms with Crippen LogP contribution in [0.25, 0.3) is 17.1 Å². The quantitative estimate of drug-likeness (QED) is 0.649. The van der Waals surface area contributed by atoms with Gasteiger partial charge < -0.3 is 5.73 Å². The number of para-hydroxylation sites is 1. The summed E-state index contributed by atoms with van der Waals surface area (Å²) in [7, 11) is 0. The molecule has 0 atom stereocenters. The van der Waals surface area contributed by atoms with Gasteiger partial charge in [-0.3, -0.25) is 14.3 Å². The summed E-state index contributed by atoms with van der Waals surface area (Å²) in [5.74, 6) is 0.480. The van der Waals surface area contributed by atoms with E-state index in [0.29, 0.717) is 11.0 Å². The van der Waals surface area contributed by atoms with Gasteiger partial charge in [-0.15, -0.1) is 10.2 Å². The second-order valence-corrected chi connectivity index (χ2v) is 6.71. The number of nitrogens with two attached hydrogens (primary N) is 1. The highest BCUT2D eigenvalue weighted by molar-refractivity contribution is 7.99. The van der Waals surface area contributed by atoms with E-state index in [9.17, 15) is 4.79 Å². The molecule has 6 nitrogen and oxygen atoms in total. The predicted molar refractivity (Wildman–Crippen MR) is 103 cm³/mol. The molecule has 134 valence electrons. The van der Waals surface area contributed by atoms with Crippen LogP contribution in [0, 0.1) is 0 Å². The number of aromatic nitrogens is 4. The molecule has 1 aromatic carbocycles. The van der Waals surface area contributed by atoms with Crippen molar-refractivity contribution in [1.29, 1.82) is 0 Å². The lowest BCUT2D eigenvalue weighted by Gasteiger charge is -2.17. The fraction of sp³-hybridized carbons (Fsp3) is 0.263. The van der Waals surface area contributed by atoms with Gasteiger partial charge in [-0.1, -0.05) is 43.8 Å². The van der Waals surface area contributed by atoms with Gasteiger partial charge in [-0.25, -0.2) is 0 Å². The highest BCUT2D eigenvalue weighted by atomic mass is 32.2. The Kier molecular flexibility index (Phi) is 5.68. The minimum atomic E-state index is -0.382. The average molecular weight is 367 g/mol. The summed E-state index contributed by atoms with van der Waals surface area (Å²) >= 11 is 1.30. The van der Waals surface area contributed by atoms with Crippen molar-refractivity contribution in [3.05, 3.63) is 53.9 Å². The third kappa shape index (κ3) is 3.62. The number of nitrogens with zero attached hydrogens (tertiary/aromatic N) is 4. The first-order valence-electron chi connectivity index (χ1n) is 8.53. The molecule has 0 aliphatic carbocycles. The molecule has 0 aliphatic heterocycles. The lowest BCUT2D eigenvalue weighted by atomic mass is 10.0. The van der Waals surface area contributed by atoms with E-state index in [4.69, 9.17) is 5.73 Å². The van der Waals surface area contributed by atoms with E-state index in [0.717, 1.165) is 24.1 Å². The van der Waals surface area contributed by atoms with E-state index in [1.54, 1.807) is 12.4 Å². The topological polar surface area (TPSA) is 86.7 Å². The standard InChI is InChI=1S/C19H21N5OS/c1-3-13-7-5-8-14(4-2)17(13)24-18(15-9-6-10-21-11-15)22-23-19(24)26-12-16(20)25/h5-11H,3-4,12H2,1-2H3,(H2,20,25).